The van der Waals surface area contributed by atoms with Crippen molar-refractivity contribution in [3.63, 3.8) is 0 Å². The minimum absolute atomic E-state index is 0.229. The van der Waals surface area contributed by atoms with E-state index in [1.807, 2.05) is 13.8 Å². The molecule has 2 rings (SSSR count). The predicted molar refractivity (Wildman–Crippen MR) is 68.9 cm³/mol. The van der Waals surface area contributed by atoms with Crippen LogP contribution in [0.2, 0.25) is 0 Å². The van der Waals surface area contributed by atoms with Gasteiger partial charge in [0.15, 0.2) is 11.8 Å². The molecule has 0 saturated carbocycles. The Bertz CT molecular complexity index is 632. The summed E-state index contributed by atoms with van der Waals surface area (Å²) in [6.07, 6.45) is 1.04. The second-order valence-corrected chi connectivity index (χ2v) is 5.12. The summed E-state index contributed by atoms with van der Waals surface area (Å²) in [5.41, 5.74) is -2.09. The van der Waals surface area contributed by atoms with Gasteiger partial charge in [-0.3, -0.25) is 14.3 Å². The Morgan fingerprint density at radius 3 is 2.79 bits per heavy atom. The molecule has 1 aromatic rings. The molecule has 102 valence electrons. The molecule has 1 N–H and O–H groups in total. The molecule has 19 heavy (non-hydrogen) atoms. The van der Waals surface area contributed by atoms with E-state index in [1.165, 1.54) is 16.8 Å². The van der Waals surface area contributed by atoms with Gasteiger partial charge in [-0.05, 0) is 6.42 Å². The van der Waals surface area contributed by atoms with Gasteiger partial charge in [-0.15, -0.1) is 11.6 Å². The normalized spacial score (nSPS) is 34.1. The molecule has 0 amide bonds. The van der Waals surface area contributed by atoms with E-state index in [1.54, 1.807) is 0 Å². The van der Waals surface area contributed by atoms with Gasteiger partial charge in [0.1, 0.15) is 0 Å². The Morgan fingerprint density at radius 1 is 1.63 bits per heavy atom. The summed E-state index contributed by atoms with van der Waals surface area (Å²) in [4.78, 5) is 24.9. The summed E-state index contributed by atoms with van der Waals surface area (Å²) in [6.45, 7) is 3.66. The van der Waals surface area contributed by atoms with Gasteiger partial charge in [0.25, 0.3) is 5.56 Å². The SMILES string of the molecule is CC[C@@]1(C#N)O[C@@H](n2ccc(=O)[nH]c2=O)[C@H](Cl)[C@@H]1C. The van der Waals surface area contributed by atoms with Crippen molar-refractivity contribution in [3.05, 3.63) is 33.1 Å². The number of nitriles is 1. The molecule has 7 heteroatoms. The van der Waals surface area contributed by atoms with E-state index in [4.69, 9.17) is 16.3 Å². The molecule has 0 aliphatic carbocycles. The van der Waals surface area contributed by atoms with Crippen molar-refractivity contribution < 1.29 is 4.74 Å². The van der Waals surface area contributed by atoms with Crippen molar-refractivity contribution in [2.45, 2.75) is 37.5 Å². The highest BCUT2D eigenvalue weighted by Crippen LogP contribution is 2.45. The van der Waals surface area contributed by atoms with E-state index in [-0.39, 0.29) is 5.92 Å². The first-order valence-corrected chi connectivity index (χ1v) is 6.43. The number of aromatic amines is 1. The Labute approximate surface area is 114 Å². The largest absolute Gasteiger partial charge is 0.335 e. The fourth-order valence-corrected chi connectivity index (χ4v) is 2.72. The molecule has 1 saturated heterocycles. The lowest BCUT2D eigenvalue weighted by Gasteiger charge is -2.23. The number of aromatic nitrogens is 2. The summed E-state index contributed by atoms with van der Waals surface area (Å²) in [5, 5.41) is 8.78. The minimum Gasteiger partial charge on any atom is -0.335 e. The van der Waals surface area contributed by atoms with Crippen molar-refractivity contribution in [2.75, 3.05) is 0 Å². The fraction of sp³-hybridized carbons (Fsp3) is 0.583. The Kier molecular flexibility index (Phi) is 3.52. The standard InChI is InChI=1S/C12H14ClN3O3/c1-3-12(6-14)7(2)9(13)10(19-12)16-5-4-8(17)15-11(16)18/h4-5,7,9-10H,3H2,1-2H3,(H,15,17,18)/t7-,9+,10+,12-/m0/s1. The maximum Gasteiger partial charge on any atom is 0.330 e. The zero-order chi connectivity index (χ0) is 14.2. The van der Waals surface area contributed by atoms with Crippen LogP contribution in [0.4, 0.5) is 0 Å². The monoisotopic (exact) mass is 283 g/mol. The summed E-state index contributed by atoms with van der Waals surface area (Å²) >= 11 is 6.29. The first kappa shape index (κ1) is 13.8. The molecule has 0 spiro atoms. The van der Waals surface area contributed by atoms with Gasteiger partial charge >= 0.3 is 5.69 Å². The lowest BCUT2D eigenvalue weighted by atomic mass is 9.87. The summed E-state index contributed by atoms with van der Waals surface area (Å²) in [7, 11) is 0. The Morgan fingerprint density at radius 2 is 2.32 bits per heavy atom. The van der Waals surface area contributed by atoms with Gasteiger partial charge < -0.3 is 4.74 Å². The van der Waals surface area contributed by atoms with Crippen molar-refractivity contribution in [3.8, 4) is 6.07 Å². The highest BCUT2D eigenvalue weighted by atomic mass is 35.5. The van der Waals surface area contributed by atoms with Crippen LogP contribution in [0.15, 0.2) is 21.9 Å². The zero-order valence-electron chi connectivity index (χ0n) is 10.6. The number of halogens is 1. The Hall–Kier alpha value is -1.58. The molecule has 1 aromatic heterocycles. The van der Waals surface area contributed by atoms with Crippen LogP contribution in [-0.2, 0) is 4.74 Å². The van der Waals surface area contributed by atoms with Gasteiger partial charge in [-0.25, -0.2) is 4.79 Å². The number of ether oxygens (including phenoxy) is 1. The molecule has 1 fully saturated rings. The topological polar surface area (TPSA) is 87.9 Å². The smallest absolute Gasteiger partial charge is 0.330 e. The molecular formula is C12H14ClN3O3. The van der Waals surface area contributed by atoms with E-state index in [2.05, 4.69) is 11.1 Å². The molecule has 0 unspecified atom stereocenters. The second kappa shape index (κ2) is 4.83. The molecule has 1 aliphatic rings. The van der Waals surface area contributed by atoms with Crippen LogP contribution in [0, 0.1) is 17.2 Å². The molecule has 4 atom stereocenters. The highest BCUT2D eigenvalue weighted by molar-refractivity contribution is 6.21. The number of hydrogen-bond donors (Lipinski definition) is 1. The minimum atomic E-state index is -1.01. The van der Waals surface area contributed by atoms with E-state index in [0.717, 1.165) is 0 Å². The first-order chi connectivity index (χ1) is 8.95. The van der Waals surface area contributed by atoms with Gasteiger partial charge in [-0.2, -0.15) is 5.26 Å². The quantitative estimate of drug-likeness (QED) is 0.820. The highest BCUT2D eigenvalue weighted by Gasteiger charge is 2.52. The van der Waals surface area contributed by atoms with E-state index in [0.29, 0.717) is 6.42 Å². The molecule has 6 nitrogen and oxygen atoms in total. The van der Waals surface area contributed by atoms with Crippen LogP contribution in [0.5, 0.6) is 0 Å². The third-order valence-corrected chi connectivity index (χ3v) is 4.25. The van der Waals surface area contributed by atoms with Gasteiger partial charge in [0, 0.05) is 18.2 Å². The molecule has 1 aliphatic heterocycles. The molecule has 0 radical (unpaired) electrons. The lowest BCUT2D eigenvalue weighted by molar-refractivity contribution is -0.0509. The van der Waals surface area contributed by atoms with Crippen LogP contribution in [0.1, 0.15) is 26.5 Å². The van der Waals surface area contributed by atoms with Gasteiger partial charge in [-0.1, -0.05) is 13.8 Å². The fourth-order valence-electron chi connectivity index (χ4n) is 2.34. The van der Waals surface area contributed by atoms with Crippen molar-refractivity contribution in [2.24, 2.45) is 5.92 Å². The van der Waals surface area contributed by atoms with Gasteiger partial charge in [0.05, 0.1) is 11.4 Å². The number of H-pyrrole nitrogens is 1. The van der Waals surface area contributed by atoms with Crippen molar-refractivity contribution >= 4 is 11.6 Å². The second-order valence-electron chi connectivity index (χ2n) is 4.61. The number of nitrogens with one attached hydrogen (secondary N) is 1. The Balaban J connectivity index is 2.46. The van der Waals surface area contributed by atoms with Crippen LogP contribution in [-0.4, -0.2) is 20.5 Å². The summed E-state index contributed by atoms with van der Waals surface area (Å²) in [6, 6.07) is 3.36. The van der Waals surface area contributed by atoms with Crippen LogP contribution in [0.3, 0.4) is 0 Å². The zero-order valence-corrected chi connectivity index (χ0v) is 11.3. The number of rotatable bonds is 2. The van der Waals surface area contributed by atoms with Crippen LogP contribution < -0.4 is 11.2 Å². The van der Waals surface area contributed by atoms with Gasteiger partial charge in [0.2, 0.25) is 0 Å². The maximum absolute atomic E-state index is 11.8. The number of nitrogens with zero attached hydrogens (tertiary/aromatic N) is 2. The molecule has 2 heterocycles. The predicted octanol–water partition coefficient (Wildman–Crippen LogP) is 0.981. The third kappa shape index (κ3) is 2.09. The van der Waals surface area contributed by atoms with Crippen LogP contribution in [0.25, 0.3) is 0 Å². The maximum atomic E-state index is 11.8. The van der Waals surface area contributed by atoms with E-state index < -0.39 is 28.5 Å². The third-order valence-electron chi connectivity index (χ3n) is 3.66. The van der Waals surface area contributed by atoms with Crippen molar-refractivity contribution in [1.82, 2.24) is 9.55 Å². The molecule has 0 aromatic carbocycles. The summed E-state index contributed by atoms with van der Waals surface area (Å²) in [5.74, 6) is -0.229. The van der Waals surface area contributed by atoms with Crippen LogP contribution >= 0.6 is 11.6 Å². The van der Waals surface area contributed by atoms with Crippen molar-refractivity contribution in [1.29, 1.82) is 5.26 Å². The lowest BCUT2D eigenvalue weighted by Crippen LogP contribution is -2.34. The number of alkyl halides is 1. The average molecular weight is 284 g/mol. The average Bonchev–Trinajstić information content (AvgIpc) is 2.64. The first-order valence-electron chi connectivity index (χ1n) is 6.00. The molecule has 0 bridgehead atoms. The summed E-state index contributed by atoms with van der Waals surface area (Å²) < 4.78 is 6.94. The molecular weight excluding hydrogens is 270 g/mol. The van der Waals surface area contributed by atoms with E-state index >= 15 is 0 Å². The number of hydrogen-bond acceptors (Lipinski definition) is 4. The van der Waals surface area contributed by atoms with E-state index in [9.17, 15) is 14.9 Å².